The average Bonchev–Trinajstić information content (AvgIpc) is 3.53. The summed E-state index contributed by atoms with van der Waals surface area (Å²) >= 11 is 0. The third kappa shape index (κ3) is 5.12. The predicted molar refractivity (Wildman–Crippen MR) is 125 cm³/mol. The molecule has 0 saturated heterocycles. The van der Waals surface area contributed by atoms with Crippen LogP contribution >= 0.6 is 0 Å². The van der Waals surface area contributed by atoms with Crippen LogP contribution in [-0.4, -0.2) is 53.6 Å². The molecule has 0 aliphatic heterocycles. The number of fused-ring (bicyclic) bond motifs is 1. The molecule has 0 radical (unpaired) electrons. The predicted octanol–water partition coefficient (Wildman–Crippen LogP) is 3.93. The molecule has 2 atom stereocenters. The van der Waals surface area contributed by atoms with Gasteiger partial charge in [0.05, 0.1) is 10.9 Å². The molecule has 0 spiro atoms. The number of aromatic amines is 1. The van der Waals surface area contributed by atoms with Crippen molar-refractivity contribution in [2.24, 2.45) is 5.41 Å². The summed E-state index contributed by atoms with van der Waals surface area (Å²) in [4.78, 5) is 32.9. The van der Waals surface area contributed by atoms with Gasteiger partial charge in [-0.15, -0.1) is 0 Å². The Labute approximate surface area is 200 Å². The number of pyridine rings is 1. The highest BCUT2D eigenvalue weighted by molar-refractivity contribution is 5.78. The number of hydrogen-bond acceptors (Lipinski definition) is 5. The van der Waals surface area contributed by atoms with Crippen LogP contribution in [0.25, 0.3) is 11.1 Å². The summed E-state index contributed by atoms with van der Waals surface area (Å²) in [7, 11) is 3.76. The van der Waals surface area contributed by atoms with Crippen molar-refractivity contribution in [3.63, 3.8) is 0 Å². The Balaban J connectivity index is 1.46. The zero-order valence-electron chi connectivity index (χ0n) is 19.9. The summed E-state index contributed by atoms with van der Waals surface area (Å²) in [5.41, 5.74) is 1.52. The monoisotopic (exact) mass is 490 g/mol. The summed E-state index contributed by atoms with van der Waals surface area (Å²) < 4.78 is 47.0. The first-order chi connectivity index (χ1) is 16.5. The highest BCUT2D eigenvalue weighted by Crippen LogP contribution is 2.66. The molecule has 10 heteroatoms. The van der Waals surface area contributed by atoms with E-state index in [4.69, 9.17) is 4.42 Å². The normalized spacial score (nSPS) is 16.9. The van der Waals surface area contributed by atoms with Gasteiger partial charge in [0, 0.05) is 37.3 Å². The highest BCUT2D eigenvalue weighted by Gasteiger charge is 2.67. The maximum absolute atomic E-state index is 13.9. The molecular formula is C25H29F3N4O3. The number of nitrogens with one attached hydrogen (secondary N) is 2. The van der Waals surface area contributed by atoms with Gasteiger partial charge in [-0.2, -0.15) is 13.2 Å². The van der Waals surface area contributed by atoms with Crippen LogP contribution in [0.5, 0.6) is 0 Å². The van der Waals surface area contributed by atoms with Gasteiger partial charge in [-0.1, -0.05) is 6.07 Å². The van der Waals surface area contributed by atoms with Crippen molar-refractivity contribution < 1.29 is 22.4 Å². The van der Waals surface area contributed by atoms with Crippen LogP contribution in [0.2, 0.25) is 0 Å². The number of carbonyl (C=O) groups excluding carboxylic acids is 1. The van der Waals surface area contributed by atoms with E-state index in [0.717, 1.165) is 11.1 Å². The fraction of sp³-hybridized carbons (Fsp3) is 0.480. The van der Waals surface area contributed by atoms with Crippen LogP contribution in [0, 0.1) is 12.3 Å². The molecule has 1 aliphatic rings. The summed E-state index contributed by atoms with van der Waals surface area (Å²) in [5.74, 6) is -1.89. The number of aromatic nitrogens is 2. The number of rotatable bonds is 9. The molecule has 1 aliphatic carbocycles. The van der Waals surface area contributed by atoms with Crippen LogP contribution < -0.4 is 11.1 Å². The van der Waals surface area contributed by atoms with E-state index in [2.05, 4.69) is 15.3 Å². The minimum atomic E-state index is -4.38. The van der Waals surface area contributed by atoms with Crippen molar-refractivity contribution in [1.29, 1.82) is 0 Å². The fourth-order valence-electron chi connectivity index (χ4n) is 4.78. The van der Waals surface area contributed by atoms with E-state index in [9.17, 15) is 22.8 Å². The van der Waals surface area contributed by atoms with Gasteiger partial charge in [0.15, 0.2) is 5.58 Å². The second-order valence-corrected chi connectivity index (χ2v) is 9.56. The minimum Gasteiger partial charge on any atom is -0.408 e. The van der Waals surface area contributed by atoms with Crippen LogP contribution in [0.3, 0.4) is 0 Å². The second-order valence-electron chi connectivity index (χ2n) is 9.56. The maximum atomic E-state index is 13.9. The standard InChI is InChI=1S/C25H29F3N4O3/c1-15-17(4-5-20-22(15)35-23(34)31-20)12-18(32(2)3)14-30-21(33)13-19(16-6-10-29-11-7-16)24(8-9-24)25(26,27)28/h4-7,10-11,18-19H,8-9,12-14H2,1-3H3,(H,30,33)(H,31,34)/t18-,19+/m0/s1. The Morgan fingerprint density at radius 1 is 1.23 bits per heavy atom. The summed E-state index contributed by atoms with van der Waals surface area (Å²) in [5, 5.41) is 2.85. The second kappa shape index (κ2) is 9.49. The number of nitrogens with zero attached hydrogens (tertiary/aromatic N) is 2. The van der Waals surface area contributed by atoms with Crippen LogP contribution in [0.4, 0.5) is 13.2 Å². The molecule has 4 rings (SSSR count). The number of carbonyl (C=O) groups is 1. The lowest BCUT2D eigenvalue weighted by Gasteiger charge is -2.30. The molecule has 1 amide bonds. The quantitative estimate of drug-likeness (QED) is 0.474. The molecule has 1 aromatic carbocycles. The van der Waals surface area contributed by atoms with Crippen molar-refractivity contribution in [1.82, 2.24) is 20.2 Å². The average molecular weight is 491 g/mol. The molecule has 35 heavy (non-hydrogen) atoms. The van der Waals surface area contributed by atoms with Gasteiger partial charge >= 0.3 is 11.9 Å². The first-order valence-electron chi connectivity index (χ1n) is 11.5. The van der Waals surface area contributed by atoms with Crippen molar-refractivity contribution in [3.8, 4) is 0 Å². The first-order valence-corrected chi connectivity index (χ1v) is 11.5. The molecule has 0 unspecified atom stereocenters. The van der Waals surface area contributed by atoms with E-state index in [1.807, 2.05) is 32.0 Å². The molecule has 3 aromatic rings. The molecule has 2 heterocycles. The van der Waals surface area contributed by atoms with E-state index in [-0.39, 0.29) is 31.8 Å². The number of aryl methyl sites for hydroxylation is 1. The molecule has 2 aromatic heterocycles. The number of amides is 1. The lowest BCUT2D eigenvalue weighted by atomic mass is 9.80. The zero-order valence-corrected chi connectivity index (χ0v) is 19.9. The largest absolute Gasteiger partial charge is 0.417 e. The Hall–Kier alpha value is -3.14. The topological polar surface area (TPSA) is 91.2 Å². The lowest BCUT2D eigenvalue weighted by molar-refractivity contribution is -0.194. The van der Waals surface area contributed by atoms with Crippen LogP contribution in [-0.2, 0) is 11.2 Å². The fourth-order valence-corrected chi connectivity index (χ4v) is 4.78. The van der Waals surface area contributed by atoms with Crippen molar-refractivity contribution in [3.05, 3.63) is 63.9 Å². The van der Waals surface area contributed by atoms with Crippen molar-refractivity contribution in [2.45, 2.75) is 50.7 Å². The van der Waals surface area contributed by atoms with Gasteiger partial charge in [-0.25, -0.2) is 4.79 Å². The van der Waals surface area contributed by atoms with Gasteiger partial charge in [-0.3, -0.25) is 14.8 Å². The minimum absolute atomic E-state index is 0.0220. The van der Waals surface area contributed by atoms with Gasteiger partial charge in [-0.05, 0) is 75.2 Å². The van der Waals surface area contributed by atoms with Crippen LogP contribution in [0.15, 0.2) is 45.9 Å². The third-order valence-electron chi connectivity index (χ3n) is 7.19. The number of oxazole rings is 1. The number of alkyl halides is 3. The number of hydrogen-bond donors (Lipinski definition) is 2. The Kier molecular flexibility index (Phi) is 6.77. The molecule has 188 valence electrons. The lowest BCUT2D eigenvalue weighted by Crippen LogP contribution is -2.43. The Bertz CT molecular complexity index is 1250. The van der Waals surface area contributed by atoms with E-state index < -0.39 is 29.2 Å². The number of benzene rings is 1. The van der Waals surface area contributed by atoms with Crippen molar-refractivity contribution >= 4 is 17.0 Å². The molecular weight excluding hydrogens is 461 g/mol. The van der Waals surface area contributed by atoms with Gasteiger partial charge in [0.25, 0.3) is 0 Å². The highest BCUT2D eigenvalue weighted by atomic mass is 19.4. The summed E-state index contributed by atoms with van der Waals surface area (Å²) in [6.07, 6.45) is -1.10. The smallest absolute Gasteiger partial charge is 0.408 e. The maximum Gasteiger partial charge on any atom is 0.417 e. The Morgan fingerprint density at radius 2 is 1.91 bits per heavy atom. The van der Waals surface area contributed by atoms with E-state index in [1.165, 1.54) is 12.4 Å². The van der Waals surface area contributed by atoms with Gasteiger partial charge in [0.2, 0.25) is 5.91 Å². The number of halogens is 3. The number of H-pyrrole nitrogens is 1. The molecule has 0 bridgehead atoms. The number of likely N-dealkylation sites (N-methyl/N-ethyl adjacent to an activating group) is 1. The Morgan fingerprint density at radius 3 is 2.51 bits per heavy atom. The molecule has 2 N–H and O–H groups in total. The molecule has 1 saturated carbocycles. The summed E-state index contributed by atoms with van der Waals surface area (Å²) in [6, 6.07) is 6.69. The van der Waals surface area contributed by atoms with Gasteiger partial charge in [0.1, 0.15) is 0 Å². The first kappa shape index (κ1) is 25.0. The van der Waals surface area contributed by atoms with Gasteiger partial charge < -0.3 is 14.6 Å². The third-order valence-corrected chi connectivity index (χ3v) is 7.19. The van der Waals surface area contributed by atoms with Crippen molar-refractivity contribution in [2.75, 3.05) is 20.6 Å². The summed E-state index contributed by atoms with van der Waals surface area (Å²) in [6.45, 7) is 2.13. The van der Waals surface area contributed by atoms with Crippen LogP contribution in [0.1, 0.15) is 41.9 Å². The van der Waals surface area contributed by atoms with E-state index >= 15 is 0 Å². The molecule has 1 fully saturated rings. The SMILES string of the molecule is Cc1c(C[C@@H](CNC(=O)C[C@H](c2ccncc2)C2(C(F)(F)F)CC2)N(C)C)ccc2[nH]c(=O)oc12. The molecule has 7 nitrogen and oxygen atoms in total. The van der Waals surface area contributed by atoms with E-state index in [0.29, 0.717) is 23.1 Å². The zero-order chi connectivity index (χ0) is 25.4. The van der Waals surface area contributed by atoms with E-state index in [1.54, 1.807) is 18.2 Å².